The maximum Gasteiger partial charge on any atom is 0.407 e. The number of hydrogen-bond donors (Lipinski definition) is 7. The van der Waals surface area contributed by atoms with Crippen LogP contribution in [-0.4, -0.2) is 195 Å². The molecule has 97 heavy (non-hydrogen) atoms. The van der Waals surface area contributed by atoms with E-state index in [9.17, 15) is 67.4 Å². The SMILES string of the molecule is CC[C@@]1(O)C(=O)OCc2c1cc1n(c2=O)Cc2c-1nc1cc(F)c(C)c3c1c2[C@@H](NC(=O)OCc1ccc(NC(=O)[C@H](CCCCNC(=O)CN(C)C(=O)CN(C)C(=O)CN(C)C(=O)CN(C)C(C)=O)NC(=O)[C@@H](NC(=O)CCCCCN2C(=O)CC(S)C2=O)C(C)C)cc1)CC3. The summed E-state index contributed by atoms with van der Waals surface area (Å²) in [5.41, 5.74) is 1.90. The molecule has 0 radical (unpaired) electrons. The predicted molar refractivity (Wildman–Crippen MR) is 353 cm³/mol. The third kappa shape index (κ3) is 17.1. The first-order valence-electron chi connectivity index (χ1n) is 32.4. The van der Waals surface area contributed by atoms with Crippen molar-refractivity contribution in [2.24, 2.45) is 5.92 Å². The molecule has 5 heterocycles. The Morgan fingerprint density at radius 2 is 1.48 bits per heavy atom. The van der Waals surface area contributed by atoms with Crippen LogP contribution in [0.3, 0.4) is 0 Å². The summed E-state index contributed by atoms with van der Waals surface area (Å²) >= 11 is 4.16. The van der Waals surface area contributed by atoms with E-state index in [1.807, 2.05) is 0 Å². The van der Waals surface area contributed by atoms with Gasteiger partial charge in [-0.1, -0.05) is 39.3 Å². The summed E-state index contributed by atoms with van der Waals surface area (Å²) in [5.74, 6) is -6.50. The lowest BCUT2D eigenvalue weighted by atomic mass is 9.81. The number of aliphatic hydroxyl groups is 1. The van der Waals surface area contributed by atoms with Gasteiger partial charge >= 0.3 is 12.1 Å². The fourth-order valence-corrected chi connectivity index (χ4v) is 12.5. The van der Waals surface area contributed by atoms with Crippen LogP contribution in [0, 0.1) is 18.7 Å². The van der Waals surface area contributed by atoms with E-state index in [0.717, 1.165) is 14.7 Å². The minimum atomic E-state index is -2.07. The second kappa shape index (κ2) is 31.7. The van der Waals surface area contributed by atoms with Gasteiger partial charge in [-0.05, 0) is 105 Å². The molecule has 11 amide bonds. The van der Waals surface area contributed by atoms with E-state index >= 15 is 4.39 Å². The first-order valence-corrected chi connectivity index (χ1v) is 32.9. The molecular formula is C67H85FN12O16S. The number of carbonyl (C=O) groups excluding carboxylic acids is 12. The van der Waals surface area contributed by atoms with Gasteiger partial charge in [0.1, 0.15) is 31.1 Å². The van der Waals surface area contributed by atoms with Crippen molar-refractivity contribution in [3.8, 4) is 11.4 Å². The van der Waals surface area contributed by atoms with Gasteiger partial charge in [-0.15, -0.1) is 0 Å². The molecule has 3 aliphatic heterocycles. The number of halogens is 1. The number of pyridine rings is 2. The van der Waals surface area contributed by atoms with E-state index in [0.29, 0.717) is 101 Å². The van der Waals surface area contributed by atoms with Crippen LogP contribution in [0.2, 0.25) is 0 Å². The highest BCUT2D eigenvalue weighted by Crippen LogP contribution is 2.46. The monoisotopic (exact) mass is 1360 g/mol. The number of carbonyl (C=O) groups is 12. The van der Waals surface area contributed by atoms with Crippen LogP contribution in [0.15, 0.2) is 41.2 Å². The minimum Gasteiger partial charge on any atom is -0.458 e. The number of cyclic esters (lactones) is 1. The van der Waals surface area contributed by atoms with Crippen molar-refractivity contribution in [3.63, 3.8) is 0 Å². The molecule has 28 nitrogen and oxygen atoms in total. The van der Waals surface area contributed by atoms with Crippen LogP contribution in [0.5, 0.6) is 0 Å². The first kappa shape index (κ1) is 73.5. The Morgan fingerprint density at radius 1 is 0.825 bits per heavy atom. The zero-order valence-electron chi connectivity index (χ0n) is 56.0. The lowest BCUT2D eigenvalue weighted by Crippen LogP contribution is -2.54. The fraction of sp³-hybridized carbons (Fsp3) is 0.522. The highest BCUT2D eigenvalue weighted by Gasteiger charge is 2.46. The largest absolute Gasteiger partial charge is 0.458 e. The third-order valence-electron chi connectivity index (χ3n) is 18.2. The van der Waals surface area contributed by atoms with Gasteiger partial charge < -0.3 is 65.3 Å². The molecule has 30 heteroatoms. The Balaban J connectivity index is 0.879. The second-order valence-corrected chi connectivity index (χ2v) is 26.2. The Hall–Kier alpha value is -9.32. The number of esters is 1. The zero-order chi connectivity index (χ0) is 70.9. The topological polar surface area (TPSA) is 355 Å². The van der Waals surface area contributed by atoms with Gasteiger partial charge in [0.05, 0.1) is 66.5 Å². The number of likely N-dealkylation sites (N-methyl/N-ethyl adjacent to an activating group) is 4. The molecule has 0 spiro atoms. The summed E-state index contributed by atoms with van der Waals surface area (Å²) in [5, 5.41) is 25.6. The molecule has 8 rings (SSSR count). The van der Waals surface area contributed by atoms with E-state index in [1.165, 1.54) is 55.5 Å². The lowest BCUT2D eigenvalue weighted by molar-refractivity contribution is -0.172. The highest BCUT2D eigenvalue weighted by molar-refractivity contribution is 7.81. The van der Waals surface area contributed by atoms with Crippen LogP contribution >= 0.6 is 12.6 Å². The molecule has 1 aliphatic carbocycles. The number of hydrogen-bond acceptors (Lipinski definition) is 18. The highest BCUT2D eigenvalue weighted by atomic mass is 32.1. The van der Waals surface area contributed by atoms with E-state index in [4.69, 9.17) is 14.5 Å². The van der Waals surface area contributed by atoms with Crippen molar-refractivity contribution >= 4 is 100 Å². The molecule has 6 N–H and O–H groups in total. The van der Waals surface area contributed by atoms with Crippen molar-refractivity contribution in [2.45, 2.75) is 154 Å². The van der Waals surface area contributed by atoms with Crippen molar-refractivity contribution in [3.05, 3.63) is 91.5 Å². The van der Waals surface area contributed by atoms with E-state index < -0.39 is 99.7 Å². The van der Waals surface area contributed by atoms with Gasteiger partial charge in [-0.3, -0.25) is 57.6 Å². The number of benzene rings is 2. The van der Waals surface area contributed by atoms with Crippen molar-refractivity contribution < 1.29 is 76.5 Å². The standard InChI is InChI=1S/C67H85FN12O16S/c1-10-67(94)44-26-49-60-42(29-80(49)63(90)43(44)35-95-65(67)92)58-46(23-22-41-37(4)45(68)27-48(71-60)57(41)58)73-66(93)96-34-39-18-20-40(21-19-39)70-61(88)47(72-62(89)59(36(2)3)74-51(82)17-12-11-15-25-79-53(84)28-50(97)64(79)91)16-13-14-24-69-52(83)30-76(7)55(86)32-78(9)56(87)33-77(8)54(85)31-75(6)38(5)81/h18-21,26-27,36,46-47,50,59,94,97H,10-17,22-25,28-35H2,1-9H3,(H,69,83)(H,70,88)(H,72,89)(H,73,93)(H,74,82)/t46-,47-,50?,59-,67-/m0/s1. The van der Waals surface area contributed by atoms with Crippen LogP contribution in [0.4, 0.5) is 14.9 Å². The number of nitrogens with zero attached hydrogens (tertiary/aromatic N) is 7. The molecule has 2 aromatic heterocycles. The van der Waals surface area contributed by atoms with Crippen LogP contribution in [0.25, 0.3) is 22.3 Å². The zero-order valence-corrected chi connectivity index (χ0v) is 56.9. The number of aromatic nitrogens is 2. The van der Waals surface area contributed by atoms with Gasteiger partial charge in [0.2, 0.25) is 59.1 Å². The van der Waals surface area contributed by atoms with Gasteiger partial charge in [0.25, 0.3) is 5.56 Å². The Kier molecular flexibility index (Phi) is 24.0. The number of fused-ring (bicyclic) bond motifs is 5. The number of likely N-dealkylation sites (tertiary alicyclic amines) is 1. The van der Waals surface area contributed by atoms with Crippen LogP contribution in [-0.2, 0) is 94.0 Å². The number of amides is 11. The summed E-state index contributed by atoms with van der Waals surface area (Å²) < 4.78 is 28.0. The summed E-state index contributed by atoms with van der Waals surface area (Å²) in [7, 11) is 5.61. The number of ether oxygens (including phenoxy) is 2. The minimum absolute atomic E-state index is 0.0363. The molecule has 4 aromatic rings. The molecular weight excluding hydrogens is 1280 g/mol. The average molecular weight is 1370 g/mol. The predicted octanol–water partition coefficient (Wildman–Crippen LogP) is 2.76. The number of alkyl carbamates (subject to hydrolysis) is 1. The maximum absolute atomic E-state index is 15.6. The molecule has 1 saturated heterocycles. The number of anilines is 1. The van der Waals surface area contributed by atoms with Crippen molar-refractivity contribution in [1.82, 2.24) is 55.3 Å². The summed E-state index contributed by atoms with van der Waals surface area (Å²) in [6.07, 6.45) is 2.06. The molecule has 522 valence electrons. The lowest BCUT2D eigenvalue weighted by Gasteiger charge is -2.31. The molecule has 1 fully saturated rings. The van der Waals surface area contributed by atoms with Crippen molar-refractivity contribution in [1.29, 1.82) is 0 Å². The smallest absolute Gasteiger partial charge is 0.407 e. The number of aryl methyl sites for hydroxylation is 1. The third-order valence-corrected chi connectivity index (χ3v) is 18.6. The van der Waals surface area contributed by atoms with E-state index in [2.05, 4.69) is 39.2 Å². The maximum atomic E-state index is 15.6. The Morgan fingerprint density at radius 3 is 2.11 bits per heavy atom. The summed E-state index contributed by atoms with van der Waals surface area (Å²) in [6.45, 7) is 6.54. The van der Waals surface area contributed by atoms with Gasteiger partial charge in [0.15, 0.2) is 5.60 Å². The van der Waals surface area contributed by atoms with Gasteiger partial charge in [0, 0.05) is 89.3 Å². The van der Waals surface area contributed by atoms with E-state index in [1.54, 1.807) is 58.0 Å². The molecule has 0 saturated carbocycles. The molecule has 0 bridgehead atoms. The number of thiol groups is 1. The average Bonchev–Trinajstić information content (AvgIpc) is 1.55. The van der Waals surface area contributed by atoms with Crippen LogP contribution in [0.1, 0.15) is 137 Å². The quantitative estimate of drug-likeness (QED) is 0.0157. The van der Waals surface area contributed by atoms with Crippen LogP contribution < -0.4 is 32.1 Å². The Labute approximate surface area is 565 Å². The Bertz CT molecular complexity index is 3860. The summed E-state index contributed by atoms with van der Waals surface area (Å²) in [6, 6.07) is 6.38. The normalized spacial score (nSPS) is 17.2. The molecule has 5 atom stereocenters. The van der Waals surface area contributed by atoms with Gasteiger partial charge in [-0.2, -0.15) is 12.6 Å². The van der Waals surface area contributed by atoms with Crippen molar-refractivity contribution in [2.75, 3.05) is 72.8 Å². The fourth-order valence-electron chi connectivity index (χ4n) is 12.2. The number of unbranched alkanes of at least 4 members (excludes halogenated alkanes) is 3. The number of rotatable bonds is 29. The number of nitrogens with one attached hydrogen (secondary N) is 5. The second-order valence-electron chi connectivity index (χ2n) is 25.5. The van der Waals surface area contributed by atoms with Gasteiger partial charge in [-0.25, -0.2) is 19.0 Å². The molecule has 4 aliphatic rings. The first-order chi connectivity index (χ1) is 45.9. The molecule has 2 aromatic carbocycles. The summed E-state index contributed by atoms with van der Waals surface area (Å²) in [4.78, 5) is 180. The van der Waals surface area contributed by atoms with E-state index in [-0.39, 0.29) is 114 Å². The number of imide groups is 1. The molecule has 1 unspecified atom stereocenters.